The lowest BCUT2D eigenvalue weighted by Crippen LogP contribution is -2.14. The molecular formula is C11H14N4O2. The van der Waals surface area contributed by atoms with Crippen molar-refractivity contribution in [2.45, 2.75) is 26.8 Å². The normalized spacial score (nSPS) is 11.1. The van der Waals surface area contributed by atoms with Gasteiger partial charge in [0, 0.05) is 17.8 Å². The molecule has 0 aliphatic heterocycles. The quantitative estimate of drug-likeness (QED) is 0.842. The molecule has 0 atom stereocenters. The Morgan fingerprint density at radius 3 is 2.82 bits per heavy atom. The molecule has 2 rings (SSSR count). The van der Waals surface area contributed by atoms with Crippen LogP contribution in [0.15, 0.2) is 12.3 Å². The number of carboxylic acid groups (broad SMARTS) is 1. The van der Waals surface area contributed by atoms with Crippen molar-refractivity contribution in [3.63, 3.8) is 0 Å². The molecule has 0 radical (unpaired) electrons. The fourth-order valence-electron chi connectivity index (χ4n) is 1.63. The fourth-order valence-corrected chi connectivity index (χ4v) is 1.63. The van der Waals surface area contributed by atoms with Gasteiger partial charge in [-0.1, -0.05) is 0 Å². The number of aryl methyl sites for hydroxylation is 1. The van der Waals surface area contributed by atoms with Crippen molar-refractivity contribution in [2.75, 3.05) is 5.32 Å². The molecule has 6 heteroatoms. The van der Waals surface area contributed by atoms with E-state index in [2.05, 4.69) is 15.4 Å². The van der Waals surface area contributed by atoms with Gasteiger partial charge in [0.05, 0.1) is 6.20 Å². The van der Waals surface area contributed by atoms with Crippen LogP contribution >= 0.6 is 0 Å². The Morgan fingerprint density at radius 2 is 2.24 bits per heavy atom. The van der Waals surface area contributed by atoms with Crippen molar-refractivity contribution in [2.24, 2.45) is 0 Å². The maximum atomic E-state index is 11.0. The van der Waals surface area contributed by atoms with Gasteiger partial charge in [-0.25, -0.2) is 9.78 Å². The van der Waals surface area contributed by atoms with Crippen molar-refractivity contribution < 1.29 is 9.90 Å². The Morgan fingerprint density at radius 1 is 1.53 bits per heavy atom. The largest absolute Gasteiger partial charge is 0.477 e. The smallest absolute Gasteiger partial charge is 0.341 e. The zero-order valence-corrected chi connectivity index (χ0v) is 9.93. The molecule has 0 saturated carbocycles. The average Bonchev–Trinajstić information content (AvgIpc) is 2.59. The lowest BCUT2D eigenvalue weighted by atomic mass is 10.3. The zero-order valence-electron chi connectivity index (χ0n) is 9.93. The molecule has 0 aromatic carbocycles. The number of hydrogen-bond donors (Lipinski definition) is 2. The highest BCUT2D eigenvalue weighted by Crippen LogP contribution is 2.16. The molecule has 2 N–H and O–H groups in total. The van der Waals surface area contributed by atoms with E-state index >= 15 is 0 Å². The number of nitrogens with zero attached hydrogens (tertiary/aromatic N) is 3. The Kier molecular flexibility index (Phi) is 2.71. The third-order valence-corrected chi connectivity index (χ3v) is 2.27. The summed E-state index contributed by atoms with van der Waals surface area (Å²) >= 11 is 0. The number of anilines is 1. The van der Waals surface area contributed by atoms with E-state index in [1.54, 1.807) is 0 Å². The number of hydrogen-bond acceptors (Lipinski definition) is 4. The molecule has 2 heterocycles. The number of carbonyl (C=O) groups is 1. The highest BCUT2D eigenvalue weighted by atomic mass is 16.4. The van der Waals surface area contributed by atoms with E-state index in [0.717, 1.165) is 11.5 Å². The summed E-state index contributed by atoms with van der Waals surface area (Å²) < 4.78 is 1.51. The van der Waals surface area contributed by atoms with Crippen LogP contribution in [0.5, 0.6) is 0 Å². The van der Waals surface area contributed by atoms with Crippen molar-refractivity contribution in [3.8, 4) is 0 Å². The lowest BCUT2D eigenvalue weighted by molar-refractivity contribution is 0.0699. The molecule has 90 valence electrons. The van der Waals surface area contributed by atoms with Crippen molar-refractivity contribution in [1.29, 1.82) is 0 Å². The molecule has 0 amide bonds. The first-order valence-corrected chi connectivity index (χ1v) is 5.34. The van der Waals surface area contributed by atoms with E-state index in [-0.39, 0.29) is 11.6 Å². The highest BCUT2D eigenvalue weighted by Gasteiger charge is 2.15. The Bertz CT molecular complexity index is 574. The molecule has 0 bridgehead atoms. The van der Waals surface area contributed by atoms with Crippen LogP contribution in [-0.4, -0.2) is 31.7 Å². The second kappa shape index (κ2) is 4.04. The maximum absolute atomic E-state index is 11.0. The van der Waals surface area contributed by atoms with Crippen LogP contribution in [0.3, 0.4) is 0 Å². The van der Waals surface area contributed by atoms with Gasteiger partial charge in [-0.05, 0) is 20.8 Å². The van der Waals surface area contributed by atoms with E-state index in [0.29, 0.717) is 5.65 Å². The average molecular weight is 234 g/mol. The van der Waals surface area contributed by atoms with Crippen LogP contribution in [-0.2, 0) is 0 Å². The van der Waals surface area contributed by atoms with E-state index in [1.165, 1.54) is 10.7 Å². The summed E-state index contributed by atoms with van der Waals surface area (Å²) in [4.78, 5) is 15.2. The van der Waals surface area contributed by atoms with Crippen molar-refractivity contribution in [1.82, 2.24) is 14.6 Å². The van der Waals surface area contributed by atoms with E-state index in [9.17, 15) is 4.79 Å². The number of aromatic nitrogens is 3. The minimum absolute atomic E-state index is 0.112. The molecule has 6 nitrogen and oxygen atoms in total. The van der Waals surface area contributed by atoms with Gasteiger partial charge in [0.2, 0.25) is 0 Å². The molecule has 2 aromatic heterocycles. The molecule has 0 unspecified atom stereocenters. The number of carboxylic acids is 1. The zero-order chi connectivity index (χ0) is 12.6. The van der Waals surface area contributed by atoms with Gasteiger partial charge in [-0.3, -0.25) is 0 Å². The van der Waals surface area contributed by atoms with Gasteiger partial charge in [0.15, 0.2) is 5.65 Å². The van der Waals surface area contributed by atoms with E-state index in [4.69, 9.17) is 5.11 Å². The van der Waals surface area contributed by atoms with Crippen LogP contribution in [0.2, 0.25) is 0 Å². The minimum atomic E-state index is -1.02. The molecule has 17 heavy (non-hydrogen) atoms. The monoisotopic (exact) mass is 234 g/mol. The van der Waals surface area contributed by atoms with E-state index in [1.807, 2.05) is 26.8 Å². The SMILES string of the molecule is Cc1cc(NC(C)C)n2ncc(C(=O)O)c2n1. The Labute approximate surface area is 98.3 Å². The van der Waals surface area contributed by atoms with E-state index < -0.39 is 5.97 Å². The van der Waals surface area contributed by atoms with Crippen LogP contribution in [0.25, 0.3) is 5.65 Å². The molecule has 0 aliphatic rings. The number of aromatic carboxylic acids is 1. The predicted molar refractivity (Wildman–Crippen MR) is 63.4 cm³/mol. The maximum Gasteiger partial charge on any atom is 0.341 e. The third kappa shape index (κ3) is 2.06. The molecule has 0 spiro atoms. The van der Waals surface area contributed by atoms with Gasteiger partial charge in [0.1, 0.15) is 11.4 Å². The molecule has 0 saturated heterocycles. The third-order valence-electron chi connectivity index (χ3n) is 2.27. The molecule has 0 aliphatic carbocycles. The van der Waals surface area contributed by atoms with Crippen LogP contribution in [0.1, 0.15) is 29.9 Å². The first-order chi connectivity index (χ1) is 7.99. The first-order valence-electron chi connectivity index (χ1n) is 5.34. The summed E-state index contributed by atoms with van der Waals surface area (Å²) in [6.07, 6.45) is 1.32. The second-order valence-electron chi connectivity index (χ2n) is 4.18. The molecule has 2 aromatic rings. The first kappa shape index (κ1) is 11.4. The minimum Gasteiger partial charge on any atom is -0.477 e. The second-order valence-corrected chi connectivity index (χ2v) is 4.18. The summed E-state index contributed by atoms with van der Waals surface area (Å²) in [6.45, 7) is 5.83. The fraction of sp³-hybridized carbons (Fsp3) is 0.364. The number of rotatable bonds is 3. The Balaban J connectivity index is 2.65. The standard InChI is InChI=1S/C11H14N4O2/c1-6(2)13-9-4-7(3)14-10-8(11(16)17)5-12-15(9)10/h4-6,13H,1-3H3,(H,16,17). The van der Waals surface area contributed by atoms with Crippen LogP contribution < -0.4 is 5.32 Å². The van der Waals surface area contributed by atoms with Crippen molar-refractivity contribution in [3.05, 3.63) is 23.5 Å². The highest BCUT2D eigenvalue weighted by molar-refractivity contribution is 5.94. The van der Waals surface area contributed by atoms with Crippen LogP contribution in [0, 0.1) is 6.92 Å². The molecule has 0 fully saturated rings. The van der Waals surface area contributed by atoms with Gasteiger partial charge in [0.25, 0.3) is 0 Å². The topological polar surface area (TPSA) is 79.5 Å². The number of nitrogens with one attached hydrogen (secondary N) is 1. The van der Waals surface area contributed by atoms with Crippen LogP contribution in [0.4, 0.5) is 5.82 Å². The molecular weight excluding hydrogens is 220 g/mol. The van der Waals surface area contributed by atoms with Gasteiger partial charge in [-0.15, -0.1) is 0 Å². The van der Waals surface area contributed by atoms with Gasteiger partial charge < -0.3 is 10.4 Å². The number of fused-ring (bicyclic) bond motifs is 1. The van der Waals surface area contributed by atoms with Crippen molar-refractivity contribution >= 4 is 17.4 Å². The summed E-state index contributed by atoms with van der Waals surface area (Å²) in [5.74, 6) is -0.274. The Hall–Kier alpha value is -2.11. The van der Waals surface area contributed by atoms with Gasteiger partial charge >= 0.3 is 5.97 Å². The summed E-state index contributed by atoms with van der Waals surface area (Å²) in [7, 11) is 0. The van der Waals surface area contributed by atoms with Gasteiger partial charge in [-0.2, -0.15) is 9.61 Å². The summed E-state index contributed by atoms with van der Waals surface area (Å²) in [6, 6.07) is 2.07. The lowest BCUT2D eigenvalue weighted by Gasteiger charge is -2.11. The predicted octanol–water partition coefficient (Wildman–Crippen LogP) is 1.56. The summed E-state index contributed by atoms with van der Waals surface area (Å²) in [5, 5.41) is 16.3. The summed E-state index contributed by atoms with van der Waals surface area (Å²) in [5.41, 5.74) is 1.23.